The Kier molecular flexibility index (Phi) is 6.09. The number of hydrogen-bond donors (Lipinski definition) is 3. The fraction of sp³-hybridized carbons (Fsp3) is 0.312. The van der Waals surface area contributed by atoms with Crippen LogP contribution in [-0.4, -0.2) is 22.5 Å². The molecule has 0 spiro atoms. The average Bonchev–Trinajstić information content (AvgIpc) is 2.56. The molecule has 0 aliphatic carbocycles. The van der Waals surface area contributed by atoms with Crippen LogP contribution in [0.1, 0.15) is 36.7 Å². The van der Waals surface area contributed by atoms with Gasteiger partial charge in [0.25, 0.3) is 5.91 Å². The van der Waals surface area contributed by atoms with E-state index in [4.69, 9.17) is 12.2 Å². The van der Waals surface area contributed by atoms with Crippen molar-refractivity contribution >= 4 is 34.1 Å². The van der Waals surface area contributed by atoms with E-state index < -0.39 is 0 Å². The van der Waals surface area contributed by atoms with Crippen molar-refractivity contribution in [2.45, 2.75) is 26.2 Å². The van der Waals surface area contributed by atoms with Gasteiger partial charge >= 0.3 is 0 Å². The molecule has 0 saturated heterocycles. The summed E-state index contributed by atoms with van der Waals surface area (Å²) >= 11 is 5.09. The fourth-order valence-electron chi connectivity index (χ4n) is 1.99. The highest BCUT2D eigenvalue weighted by molar-refractivity contribution is 7.80. The zero-order valence-corrected chi connectivity index (χ0v) is 13.4. The van der Waals surface area contributed by atoms with E-state index >= 15 is 0 Å². The number of carbonyl (C=O) groups excluding carboxylic acids is 1. The molecule has 0 atom stereocenters. The Balaban J connectivity index is 1.84. The molecule has 1 amide bonds. The molecule has 22 heavy (non-hydrogen) atoms. The number of pyridine rings is 1. The number of nitrogens with one attached hydrogen (secondary N) is 3. The first-order valence-corrected chi connectivity index (χ1v) is 7.81. The first-order chi connectivity index (χ1) is 10.7. The van der Waals surface area contributed by atoms with Gasteiger partial charge in [0.1, 0.15) is 5.69 Å². The highest BCUT2D eigenvalue weighted by Gasteiger charge is 2.08. The second kappa shape index (κ2) is 8.29. The lowest BCUT2D eigenvalue weighted by atomic mass is 10.2. The van der Waals surface area contributed by atoms with Crippen LogP contribution in [0.4, 0.5) is 0 Å². The number of fused-ring (bicyclic) bond motifs is 1. The van der Waals surface area contributed by atoms with Crippen LogP contribution in [0.2, 0.25) is 0 Å². The monoisotopic (exact) mass is 316 g/mol. The van der Waals surface area contributed by atoms with Gasteiger partial charge in [-0.2, -0.15) is 0 Å². The highest BCUT2D eigenvalue weighted by Crippen LogP contribution is 2.11. The van der Waals surface area contributed by atoms with Gasteiger partial charge in [0, 0.05) is 11.9 Å². The molecule has 1 heterocycles. The molecule has 2 aromatic rings. The molecule has 6 heteroatoms. The maximum atomic E-state index is 12.0. The molecule has 0 aliphatic rings. The van der Waals surface area contributed by atoms with Crippen LogP contribution in [0.5, 0.6) is 0 Å². The Hall–Kier alpha value is -2.21. The van der Waals surface area contributed by atoms with Gasteiger partial charge in [-0.25, -0.2) is 4.98 Å². The molecule has 0 saturated carbocycles. The van der Waals surface area contributed by atoms with E-state index in [0.29, 0.717) is 10.8 Å². The van der Waals surface area contributed by atoms with Crippen LogP contribution in [0, 0.1) is 0 Å². The average molecular weight is 316 g/mol. The second-order valence-electron chi connectivity index (χ2n) is 4.93. The summed E-state index contributed by atoms with van der Waals surface area (Å²) in [5.74, 6) is -0.316. The third-order valence-electron chi connectivity index (χ3n) is 3.19. The van der Waals surface area contributed by atoms with Gasteiger partial charge in [0.2, 0.25) is 0 Å². The molecular weight excluding hydrogens is 296 g/mol. The number of unbranched alkanes of at least 4 members (excludes halogenated alkanes) is 2. The largest absolute Gasteiger partial charge is 0.361 e. The minimum Gasteiger partial charge on any atom is -0.361 e. The highest BCUT2D eigenvalue weighted by atomic mass is 32.1. The topological polar surface area (TPSA) is 66.0 Å². The van der Waals surface area contributed by atoms with Crippen molar-refractivity contribution in [3.05, 3.63) is 42.1 Å². The summed E-state index contributed by atoms with van der Waals surface area (Å²) in [6.45, 7) is 2.94. The first-order valence-electron chi connectivity index (χ1n) is 7.40. The number of aromatic nitrogens is 1. The van der Waals surface area contributed by atoms with E-state index in [1.807, 2.05) is 30.3 Å². The number of hydrogen-bond acceptors (Lipinski definition) is 3. The predicted molar refractivity (Wildman–Crippen MR) is 92.5 cm³/mol. The number of rotatable bonds is 5. The number of thiocarbonyl (C=S) groups is 1. The summed E-state index contributed by atoms with van der Waals surface area (Å²) in [5.41, 5.74) is 6.37. The van der Waals surface area contributed by atoms with Gasteiger partial charge in [-0.05, 0) is 30.8 Å². The molecule has 0 fully saturated rings. The molecule has 5 nitrogen and oxygen atoms in total. The molecule has 0 unspecified atom stereocenters. The van der Waals surface area contributed by atoms with Crippen molar-refractivity contribution < 1.29 is 4.79 Å². The van der Waals surface area contributed by atoms with E-state index in [9.17, 15) is 4.79 Å². The number of carbonyl (C=O) groups is 1. The van der Waals surface area contributed by atoms with Crippen molar-refractivity contribution in [3.8, 4) is 0 Å². The Morgan fingerprint density at radius 1 is 1.14 bits per heavy atom. The Morgan fingerprint density at radius 3 is 2.77 bits per heavy atom. The third kappa shape index (κ3) is 4.66. The van der Waals surface area contributed by atoms with Crippen LogP contribution in [-0.2, 0) is 0 Å². The van der Waals surface area contributed by atoms with Crippen LogP contribution < -0.4 is 16.2 Å². The van der Waals surface area contributed by atoms with E-state index in [0.717, 1.165) is 36.7 Å². The standard InChI is InChI=1S/C16H20N4OS/c1-2-3-6-11-17-16(22)20-19-15(21)14-10-9-12-7-4-5-8-13(12)18-14/h4-5,7-10H,2-3,6,11H2,1H3,(H,19,21)(H2,17,20,22). The summed E-state index contributed by atoms with van der Waals surface area (Å²) in [5, 5.41) is 4.45. The SMILES string of the molecule is CCCCCNC(=S)NNC(=O)c1ccc2ccccc2n1. The fourth-order valence-corrected chi connectivity index (χ4v) is 2.14. The number of amides is 1. The van der Waals surface area contributed by atoms with Crippen LogP contribution >= 0.6 is 12.2 Å². The Bertz CT molecular complexity index is 659. The Morgan fingerprint density at radius 2 is 1.95 bits per heavy atom. The summed E-state index contributed by atoms with van der Waals surface area (Å²) in [6.07, 6.45) is 3.37. The number of hydrazine groups is 1. The molecule has 1 aromatic carbocycles. The van der Waals surface area contributed by atoms with Crippen LogP contribution in [0.3, 0.4) is 0 Å². The molecule has 1 aromatic heterocycles. The van der Waals surface area contributed by atoms with Crippen LogP contribution in [0.25, 0.3) is 10.9 Å². The summed E-state index contributed by atoms with van der Waals surface area (Å²) in [4.78, 5) is 16.4. The maximum Gasteiger partial charge on any atom is 0.288 e. The lowest BCUT2D eigenvalue weighted by Gasteiger charge is -2.11. The van der Waals surface area contributed by atoms with E-state index in [-0.39, 0.29) is 5.91 Å². The third-order valence-corrected chi connectivity index (χ3v) is 3.43. The lowest BCUT2D eigenvalue weighted by Crippen LogP contribution is -2.47. The summed E-state index contributed by atoms with van der Waals surface area (Å²) in [6, 6.07) is 11.2. The van der Waals surface area contributed by atoms with Crippen molar-refractivity contribution in [1.29, 1.82) is 0 Å². The molecular formula is C16H20N4OS. The van der Waals surface area contributed by atoms with Gasteiger partial charge in [-0.3, -0.25) is 15.6 Å². The van der Waals surface area contributed by atoms with Crippen molar-refractivity contribution in [2.24, 2.45) is 0 Å². The molecule has 116 valence electrons. The van der Waals surface area contributed by atoms with Gasteiger partial charge in [-0.1, -0.05) is 44.0 Å². The maximum absolute atomic E-state index is 12.0. The zero-order chi connectivity index (χ0) is 15.8. The number of para-hydroxylation sites is 1. The first kappa shape index (κ1) is 16.2. The van der Waals surface area contributed by atoms with Gasteiger partial charge in [-0.15, -0.1) is 0 Å². The summed E-state index contributed by atoms with van der Waals surface area (Å²) < 4.78 is 0. The zero-order valence-electron chi connectivity index (χ0n) is 12.6. The number of nitrogens with zero attached hydrogens (tertiary/aromatic N) is 1. The lowest BCUT2D eigenvalue weighted by molar-refractivity contribution is 0.0939. The molecule has 3 N–H and O–H groups in total. The second-order valence-corrected chi connectivity index (χ2v) is 5.34. The molecule has 0 radical (unpaired) electrons. The van der Waals surface area contributed by atoms with E-state index in [1.54, 1.807) is 6.07 Å². The van der Waals surface area contributed by atoms with E-state index in [2.05, 4.69) is 28.1 Å². The van der Waals surface area contributed by atoms with Gasteiger partial charge in [0.15, 0.2) is 5.11 Å². The normalized spacial score (nSPS) is 10.2. The van der Waals surface area contributed by atoms with Gasteiger partial charge in [0.05, 0.1) is 5.52 Å². The van der Waals surface area contributed by atoms with E-state index in [1.165, 1.54) is 0 Å². The minimum absolute atomic E-state index is 0.316. The van der Waals surface area contributed by atoms with Gasteiger partial charge < -0.3 is 5.32 Å². The van der Waals surface area contributed by atoms with Crippen LogP contribution in [0.15, 0.2) is 36.4 Å². The quantitative estimate of drug-likeness (QED) is 0.449. The Labute approximate surface area is 135 Å². The predicted octanol–water partition coefficient (Wildman–Crippen LogP) is 2.53. The molecule has 2 rings (SSSR count). The minimum atomic E-state index is -0.316. The molecule has 0 bridgehead atoms. The van der Waals surface area contributed by atoms with Crippen molar-refractivity contribution in [1.82, 2.24) is 21.2 Å². The van der Waals surface area contributed by atoms with Crippen molar-refractivity contribution in [2.75, 3.05) is 6.54 Å². The summed E-state index contributed by atoms with van der Waals surface area (Å²) in [7, 11) is 0. The molecule has 0 aliphatic heterocycles. The number of benzene rings is 1. The van der Waals surface area contributed by atoms with Crippen molar-refractivity contribution in [3.63, 3.8) is 0 Å². The smallest absolute Gasteiger partial charge is 0.288 e.